The smallest absolute Gasteiger partial charge is 0.170 e. The molecule has 0 spiro atoms. The van der Waals surface area contributed by atoms with Crippen LogP contribution in [0.2, 0.25) is 0 Å². The van der Waals surface area contributed by atoms with Crippen molar-refractivity contribution >= 4 is 0 Å². The molecule has 2 aromatic rings. The molecule has 0 fully saturated rings. The first-order chi connectivity index (χ1) is 9.45. The number of ether oxygens (including phenoxy) is 1. The van der Waals surface area contributed by atoms with Gasteiger partial charge in [-0.2, -0.15) is 5.10 Å². The Labute approximate surface area is 118 Å². The fourth-order valence-electron chi connectivity index (χ4n) is 2.52. The highest BCUT2D eigenvalue weighted by Crippen LogP contribution is 2.23. The third-order valence-electron chi connectivity index (χ3n) is 3.48. The van der Waals surface area contributed by atoms with E-state index in [1.807, 2.05) is 20.8 Å². The molecule has 0 aliphatic carbocycles. The van der Waals surface area contributed by atoms with Crippen molar-refractivity contribution in [2.45, 2.75) is 33.4 Å². The van der Waals surface area contributed by atoms with Gasteiger partial charge < -0.3 is 10.5 Å². The summed E-state index contributed by atoms with van der Waals surface area (Å²) in [7, 11) is 1.46. The molecule has 4 nitrogen and oxygen atoms in total. The Hall–Kier alpha value is -1.88. The summed E-state index contributed by atoms with van der Waals surface area (Å²) in [5.74, 6) is -0.0960. The van der Waals surface area contributed by atoms with Crippen LogP contribution in [0.4, 0.5) is 4.39 Å². The summed E-state index contributed by atoms with van der Waals surface area (Å²) in [6.45, 7) is 6.16. The van der Waals surface area contributed by atoms with Gasteiger partial charge in [-0.3, -0.25) is 4.68 Å². The van der Waals surface area contributed by atoms with Crippen LogP contribution in [0.25, 0.3) is 0 Å². The molecule has 1 heterocycles. The Balaban J connectivity index is 2.38. The highest BCUT2D eigenvalue weighted by Gasteiger charge is 2.16. The first-order valence-electron chi connectivity index (χ1n) is 6.56. The van der Waals surface area contributed by atoms with Gasteiger partial charge in [0.05, 0.1) is 19.3 Å². The lowest BCUT2D eigenvalue weighted by molar-refractivity contribution is 0.383. The predicted molar refractivity (Wildman–Crippen MR) is 76.4 cm³/mol. The van der Waals surface area contributed by atoms with E-state index in [0.717, 1.165) is 17.0 Å². The Bertz CT molecular complexity index is 620. The molecular formula is C15H20FN3O. The van der Waals surface area contributed by atoms with Gasteiger partial charge in [0.2, 0.25) is 0 Å². The number of hydrogen-bond donors (Lipinski definition) is 1. The summed E-state index contributed by atoms with van der Waals surface area (Å²) in [6, 6.07) is 5.03. The normalized spacial score (nSPS) is 12.5. The van der Waals surface area contributed by atoms with E-state index >= 15 is 0 Å². The molecule has 1 atom stereocenters. The molecule has 0 amide bonds. The van der Waals surface area contributed by atoms with E-state index in [1.165, 1.54) is 7.11 Å². The summed E-state index contributed by atoms with van der Waals surface area (Å²) < 4.78 is 20.9. The number of aryl methyl sites for hydroxylation is 1. The topological polar surface area (TPSA) is 53.1 Å². The number of nitrogens with two attached hydrogens (primary N) is 1. The largest absolute Gasteiger partial charge is 0.494 e. The standard InChI is InChI=1S/C15H20FN3O/c1-9(17)14-10(2)18-19(11(14)3)8-12-6-5-7-13(20-4)15(12)16/h5-7,9H,8,17H2,1-4H3. The van der Waals surface area contributed by atoms with Crippen LogP contribution in [0.1, 0.15) is 35.5 Å². The van der Waals surface area contributed by atoms with Crippen molar-refractivity contribution in [1.82, 2.24) is 9.78 Å². The molecule has 0 radical (unpaired) electrons. The third kappa shape index (κ3) is 2.54. The molecule has 0 bridgehead atoms. The van der Waals surface area contributed by atoms with E-state index in [-0.39, 0.29) is 17.6 Å². The second-order valence-corrected chi connectivity index (χ2v) is 4.96. The molecule has 0 aliphatic rings. The quantitative estimate of drug-likeness (QED) is 0.935. The van der Waals surface area contributed by atoms with Gasteiger partial charge in [0.15, 0.2) is 11.6 Å². The lowest BCUT2D eigenvalue weighted by Gasteiger charge is -2.10. The van der Waals surface area contributed by atoms with E-state index in [4.69, 9.17) is 10.5 Å². The molecule has 5 heteroatoms. The molecule has 0 saturated heterocycles. The second kappa shape index (κ2) is 5.63. The molecule has 1 aromatic heterocycles. The maximum atomic E-state index is 14.2. The minimum Gasteiger partial charge on any atom is -0.494 e. The monoisotopic (exact) mass is 277 g/mol. The van der Waals surface area contributed by atoms with E-state index < -0.39 is 0 Å². The highest BCUT2D eigenvalue weighted by molar-refractivity contribution is 5.33. The minimum atomic E-state index is -0.343. The van der Waals surface area contributed by atoms with Crippen LogP contribution >= 0.6 is 0 Å². The van der Waals surface area contributed by atoms with Gasteiger partial charge in [-0.25, -0.2) is 4.39 Å². The number of nitrogens with zero attached hydrogens (tertiary/aromatic N) is 2. The van der Waals surface area contributed by atoms with Crippen LogP contribution in [0, 0.1) is 19.7 Å². The van der Waals surface area contributed by atoms with E-state index in [1.54, 1.807) is 22.9 Å². The number of aromatic nitrogens is 2. The van der Waals surface area contributed by atoms with E-state index in [9.17, 15) is 4.39 Å². The van der Waals surface area contributed by atoms with Crippen molar-refractivity contribution < 1.29 is 9.13 Å². The summed E-state index contributed by atoms with van der Waals surface area (Å²) in [4.78, 5) is 0. The molecule has 2 N–H and O–H groups in total. The van der Waals surface area contributed by atoms with Crippen molar-refractivity contribution in [3.8, 4) is 5.75 Å². The zero-order valence-electron chi connectivity index (χ0n) is 12.3. The number of methoxy groups -OCH3 is 1. The van der Waals surface area contributed by atoms with Gasteiger partial charge in [-0.05, 0) is 26.8 Å². The Kier molecular flexibility index (Phi) is 4.09. The molecular weight excluding hydrogens is 257 g/mol. The fourth-order valence-corrected chi connectivity index (χ4v) is 2.52. The lowest BCUT2D eigenvalue weighted by atomic mass is 10.1. The van der Waals surface area contributed by atoms with Crippen LogP contribution in [0.15, 0.2) is 18.2 Å². The van der Waals surface area contributed by atoms with Crippen LogP contribution in [0.5, 0.6) is 5.75 Å². The Morgan fingerprint density at radius 2 is 2.10 bits per heavy atom. The van der Waals surface area contributed by atoms with Crippen molar-refractivity contribution in [1.29, 1.82) is 0 Å². The predicted octanol–water partition coefficient (Wildman–Crippen LogP) is 2.72. The van der Waals surface area contributed by atoms with Crippen LogP contribution in [-0.2, 0) is 6.54 Å². The van der Waals surface area contributed by atoms with Crippen LogP contribution in [0.3, 0.4) is 0 Å². The van der Waals surface area contributed by atoms with Crippen LogP contribution in [-0.4, -0.2) is 16.9 Å². The summed E-state index contributed by atoms with van der Waals surface area (Å²) in [5.41, 5.74) is 9.38. The Morgan fingerprint density at radius 1 is 1.40 bits per heavy atom. The molecule has 0 saturated carbocycles. The first kappa shape index (κ1) is 14.5. The highest BCUT2D eigenvalue weighted by atomic mass is 19.1. The first-order valence-corrected chi connectivity index (χ1v) is 6.56. The molecule has 108 valence electrons. The molecule has 0 aliphatic heterocycles. The van der Waals surface area contributed by atoms with E-state index in [2.05, 4.69) is 5.10 Å². The van der Waals surface area contributed by atoms with E-state index in [0.29, 0.717) is 12.1 Å². The molecule has 2 rings (SSSR count). The maximum Gasteiger partial charge on any atom is 0.170 e. The van der Waals surface area contributed by atoms with Crippen LogP contribution < -0.4 is 10.5 Å². The average Bonchev–Trinajstić information content (AvgIpc) is 2.67. The lowest BCUT2D eigenvalue weighted by Crippen LogP contribution is -2.09. The molecule has 20 heavy (non-hydrogen) atoms. The number of hydrogen-bond acceptors (Lipinski definition) is 3. The van der Waals surface area contributed by atoms with Crippen molar-refractivity contribution in [3.63, 3.8) is 0 Å². The number of benzene rings is 1. The average molecular weight is 277 g/mol. The SMILES string of the molecule is COc1cccc(Cn2nc(C)c(C(C)N)c2C)c1F. The van der Waals surface area contributed by atoms with Gasteiger partial charge in [0.1, 0.15) is 0 Å². The third-order valence-corrected chi connectivity index (χ3v) is 3.48. The summed E-state index contributed by atoms with van der Waals surface area (Å²) >= 11 is 0. The van der Waals surface area contributed by atoms with Gasteiger partial charge in [-0.15, -0.1) is 0 Å². The van der Waals surface area contributed by atoms with Gasteiger partial charge >= 0.3 is 0 Å². The Morgan fingerprint density at radius 3 is 2.65 bits per heavy atom. The van der Waals surface area contributed by atoms with Gasteiger partial charge in [0.25, 0.3) is 0 Å². The number of halogens is 1. The van der Waals surface area contributed by atoms with Crippen molar-refractivity contribution in [3.05, 3.63) is 46.5 Å². The molecule has 1 unspecified atom stereocenters. The van der Waals surface area contributed by atoms with Gasteiger partial charge in [0, 0.05) is 22.9 Å². The maximum absolute atomic E-state index is 14.2. The van der Waals surface area contributed by atoms with Gasteiger partial charge in [-0.1, -0.05) is 12.1 Å². The zero-order chi connectivity index (χ0) is 14.9. The zero-order valence-corrected chi connectivity index (χ0v) is 12.3. The van der Waals surface area contributed by atoms with Crippen molar-refractivity contribution in [2.75, 3.05) is 7.11 Å². The number of rotatable bonds is 4. The summed E-state index contributed by atoms with van der Waals surface area (Å²) in [6.07, 6.45) is 0. The summed E-state index contributed by atoms with van der Waals surface area (Å²) in [5, 5.41) is 4.45. The minimum absolute atomic E-state index is 0.0843. The second-order valence-electron chi connectivity index (χ2n) is 4.96. The molecule has 1 aromatic carbocycles. The van der Waals surface area contributed by atoms with Crippen molar-refractivity contribution in [2.24, 2.45) is 5.73 Å². The fraction of sp³-hybridized carbons (Fsp3) is 0.400.